The molecule has 1 aromatic heterocycles. The Bertz CT molecular complexity index is 498. The molecule has 2 atom stereocenters. The number of fused-ring (bicyclic) bond motifs is 1. The molecule has 0 radical (unpaired) electrons. The van der Waals surface area contributed by atoms with Crippen LogP contribution in [0.5, 0.6) is 0 Å². The highest BCUT2D eigenvalue weighted by Crippen LogP contribution is 2.22. The molecule has 3 nitrogen and oxygen atoms in total. The number of pyridine rings is 1. The van der Waals surface area contributed by atoms with E-state index in [1.54, 1.807) is 7.11 Å². The van der Waals surface area contributed by atoms with Gasteiger partial charge in [-0.2, -0.15) is 0 Å². The van der Waals surface area contributed by atoms with Crippen molar-refractivity contribution in [3.63, 3.8) is 0 Å². The van der Waals surface area contributed by atoms with Crippen LogP contribution in [-0.4, -0.2) is 25.2 Å². The van der Waals surface area contributed by atoms with Gasteiger partial charge in [0.1, 0.15) is 0 Å². The summed E-state index contributed by atoms with van der Waals surface area (Å²) in [6.07, 6.45) is 1.95. The number of hydrogen-bond donors (Lipinski definition) is 1. The van der Waals surface area contributed by atoms with E-state index in [0.29, 0.717) is 0 Å². The van der Waals surface area contributed by atoms with Crippen LogP contribution in [0.1, 0.15) is 18.5 Å². The van der Waals surface area contributed by atoms with E-state index in [4.69, 9.17) is 4.74 Å². The average Bonchev–Trinajstić information content (AvgIpc) is 2.39. The van der Waals surface area contributed by atoms with Crippen LogP contribution in [0.3, 0.4) is 0 Å². The Morgan fingerprint density at radius 2 is 2.12 bits per heavy atom. The van der Waals surface area contributed by atoms with Crippen LogP contribution < -0.4 is 5.32 Å². The second-order valence-corrected chi connectivity index (χ2v) is 4.16. The molecule has 2 rings (SSSR count). The maximum Gasteiger partial charge on any atom is 0.0737 e. The van der Waals surface area contributed by atoms with Gasteiger partial charge in [0.25, 0.3) is 0 Å². The molecule has 3 heteroatoms. The van der Waals surface area contributed by atoms with E-state index in [-0.39, 0.29) is 12.1 Å². The summed E-state index contributed by atoms with van der Waals surface area (Å²) < 4.78 is 5.39. The molecule has 0 aliphatic rings. The SMILES string of the molecule is CNC(c1ccc2ncccc2c1)C(C)OC. The molecule has 0 bridgehead atoms. The lowest BCUT2D eigenvalue weighted by Gasteiger charge is -2.23. The van der Waals surface area contributed by atoms with E-state index in [9.17, 15) is 0 Å². The van der Waals surface area contributed by atoms with Gasteiger partial charge in [-0.1, -0.05) is 12.1 Å². The van der Waals surface area contributed by atoms with Gasteiger partial charge in [-0.3, -0.25) is 4.98 Å². The van der Waals surface area contributed by atoms with Gasteiger partial charge in [-0.25, -0.2) is 0 Å². The number of likely N-dealkylation sites (N-methyl/N-ethyl adjacent to an activating group) is 1. The normalized spacial score (nSPS) is 14.8. The van der Waals surface area contributed by atoms with Crippen LogP contribution in [-0.2, 0) is 4.74 Å². The maximum absolute atomic E-state index is 5.39. The number of hydrogen-bond acceptors (Lipinski definition) is 3. The topological polar surface area (TPSA) is 34.2 Å². The van der Waals surface area contributed by atoms with E-state index >= 15 is 0 Å². The second-order valence-electron chi connectivity index (χ2n) is 4.16. The van der Waals surface area contributed by atoms with Crippen molar-refractivity contribution >= 4 is 10.9 Å². The summed E-state index contributed by atoms with van der Waals surface area (Å²) in [4.78, 5) is 4.32. The number of rotatable bonds is 4. The molecule has 0 aliphatic heterocycles. The van der Waals surface area contributed by atoms with Crippen LogP contribution in [0, 0.1) is 0 Å². The van der Waals surface area contributed by atoms with E-state index in [2.05, 4.69) is 41.5 Å². The van der Waals surface area contributed by atoms with Gasteiger partial charge in [0.2, 0.25) is 0 Å². The lowest BCUT2D eigenvalue weighted by molar-refractivity contribution is 0.0857. The highest BCUT2D eigenvalue weighted by atomic mass is 16.5. The van der Waals surface area contributed by atoms with Crippen molar-refractivity contribution in [3.8, 4) is 0 Å². The fraction of sp³-hybridized carbons (Fsp3) is 0.357. The lowest BCUT2D eigenvalue weighted by Crippen LogP contribution is -2.28. The van der Waals surface area contributed by atoms with E-state index in [1.165, 1.54) is 5.56 Å². The number of methoxy groups -OCH3 is 1. The fourth-order valence-corrected chi connectivity index (χ4v) is 2.10. The predicted octanol–water partition coefficient (Wildman–Crippen LogP) is 2.53. The van der Waals surface area contributed by atoms with Crippen LogP contribution in [0.2, 0.25) is 0 Å². The van der Waals surface area contributed by atoms with E-state index in [0.717, 1.165) is 10.9 Å². The fourth-order valence-electron chi connectivity index (χ4n) is 2.10. The van der Waals surface area contributed by atoms with E-state index < -0.39 is 0 Å². The molecule has 0 fully saturated rings. The highest BCUT2D eigenvalue weighted by Gasteiger charge is 2.17. The predicted molar refractivity (Wildman–Crippen MR) is 70.0 cm³/mol. The molecular weight excluding hydrogens is 212 g/mol. The van der Waals surface area contributed by atoms with Gasteiger partial charge in [0, 0.05) is 18.7 Å². The van der Waals surface area contributed by atoms with Gasteiger partial charge < -0.3 is 10.1 Å². The van der Waals surface area contributed by atoms with Gasteiger partial charge in [0.15, 0.2) is 0 Å². The summed E-state index contributed by atoms with van der Waals surface area (Å²) in [6, 6.07) is 10.6. The van der Waals surface area contributed by atoms with Crippen molar-refractivity contribution < 1.29 is 4.74 Å². The standard InChI is InChI=1S/C14H18N2O/c1-10(17-3)14(15-2)12-6-7-13-11(9-12)5-4-8-16-13/h4-10,14-15H,1-3H3. The summed E-state index contributed by atoms with van der Waals surface area (Å²) in [5.74, 6) is 0. The molecule has 0 saturated carbocycles. The van der Waals surface area contributed by atoms with Crippen molar-refractivity contribution in [1.82, 2.24) is 10.3 Å². The Hall–Kier alpha value is -1.45. The first kappa shape index (κ1) is 12.0. The minimum Gasteiger partial charge on any atom is -0.380 e. The van der Waals surface area contributed by atoms with Crippen LogP contribution >= 0.6 is 0 Å². The molecule has 2 aromatic rings. The summed E-state index contributed by atoms with van der Waals surface area (Å²) in [5.41, 5.74) is 2.25. The first-order valence-corrected chi connectivity index (χ1v) is 5.81. The third-order valence-corrected chi connectivity index (χ3v) is 3.14. The zero-order valence-corrected chi connectivity index (χ0v) is 10.5. The lowest BCUT2D eigenvalue weighted by atomic mass is 10.0. The first-order valence-electron chi connectivity index (χ1n) is 5.81. The minimum atomic E-state index is 0.133. The van der Waals surface area contributed by atoms with Crippen molar-refractivity contribution in [3.05, 3.63) is 42.1 Å². The molecular formula is C14H18N2O. The molecule has 1 heterocycles. The van der Waals surface area contributed by atoms with Crippen molar-refractivity contribution in [2.45, 2.75) is 19.1 Å². The molecule has 17 heavy (non-hydrogen) atoms. The zero-order valence-electron chi connectivity index (χ0n) is 10.5. The van der Waals surface area contributed by atoms with Crippen LogP contribution in [0.4, 0.5) is 0 Å². The number of aromatic nitrogens is 1. The van der Waals surface area contributed by atoms with E-state index in [1.807, 2.05) is 19.3 Å². The summed E-state index contributed by atoms with van der Waals surface area (Å²) in [7, 11) is 3.69. The molecule has 0 spiro atoms. The zero-order chi connectivity index (χ0) is 12.3. The average molecular weight is 230 g/mol. The molecule has 2 unspecified atom stereocenters. The van der Waals surface area contributed by atoms with Crippen molar-refractivity contribution in [2.24, 2.45) is 0 Å². The molecule has 1 N–H and O–H groups in total. The molecule has 1 aromatic carbocycles. The molecule has 90 valence electrons. The Balaban J connectivity index is 2.40. The molecule has 0 aliphatic carbocycles. The number of ether oxygens (including phenoxy) is 1. The number of nitrogens with one attached hydrogen (secondary N) is 1. The highest BCUT2D eigenvalue weighted by molar-refractivity contribution is 5.79. The van der Waals surface area contributed by atoms with Crippen molar-refractivity contribution in [2.75, 3.05) is 14.2 Å². The van der Waals surface area contributed by atoms with Crippen LogP contribution in [0.15, 0.2) is 36.5 Å². The second kappa shape index (κ2) is 5.25. The number of benzene rings is 1. The Labute approximate surface area is 102 Å². The Morgan fingerprint density at radius 3 is 2.82 bits per heavy atom. The Kier molecular flexibility index (Phi) is 3.71. The van der Waals surface area contributed by atoms with Gasteiger partial charge in [0.05, 0.1) is 17.7 Å². The molecule has 0 amide bonds. The first-order chi connectivity index (χ1) is 8.26. The summed E-state index contributed by atoms with van der Waals surface area (Å²) in [6.45, 7) is 2.06. The Morgan fingerprint density at radius 1 is 1.29 bits per heavy atom. The quantitative estimate of drug-likeness (QED) is 0.876. The van der Waals surface area contributed by atoms with Gasteiger partial charge >= 0.3 is 0 Å². The van der Waals surface area contributed by atoms with Gasteiger partial charge in [-0.05, 0) is 37.7 Å². The summed E-state index contributed by atoms with van der Waals surface area (Å²) in [5, 5.41) is 4.45. The van der Waals surface area contributed by atoms with Gasteiger partial charge in [-0.15, -0.1) is 0 Å². The summed E-state index contributed by atoms with van der Waals surface area (Å²) >= 11 is 0. The largest absolute Gasteiger partial charge is 0.380 e. The maximum atomic E-state index is 5.39. The minimum absolute atomic E-state index is 0.133. The van der Waals surface area contributed by atoms with Crippen molar-refractivity contribution in [1.29, 1.82) is 0 Å². The third-order valence-electron chi connectivity index (χ3n) is 3.14. The monoisotopic (exact) mass is 230 g/mol. The number of nitrogens with zero attached hydrogens (tertiary/aromatic N) is 1. The molecule has 0 saturated heterocycles. The smallest absolute Gasteiger partial charge is 0.0737 e. The van der Waals surface area contributed by atoms with Crippen LogP contribution in [0.25, 0.3) is 10.9 Å². The third kappa shape index (κ3) is 2.46.